The highest BCUT2D eigenvalue weighted by Gasteiger charge is 2.10. The van der Waals surface area contributed by atoms with Gasteiger partial charge >= 0.3 is 0 Å². The fraction of sp³-hybridized carbons (Fsp3) is 0.0769. The summed E-state index contributed by atoms with van der Waals surface area (Å²) in [7, 11) is 1.53. The van der Waals surface area contributed by atoms with E-state index < -0.39 is 5.82 Å². The summed E-state index contributed by atoms with van der Waals surface area (Å²) < 4.78 is 21.3. The van der Waals surface area contributed by atoms with Gasteiger partial charge in [-0.05, 0) is 28.1 Å². The van der Waals surface area contributed by atoms with Crippen molar-refractivity contribution >= 4 is 33.1 Å². The number of imidazole rings is 1. The molecule has 2 heterocycles. The Kier molecular flexibility index (Phi) is 3.27. The van der Waals surface area contributed by atoms with Crippen LogP contribution in [0.5, 0.6) is 5.75 Å². The third-order valence-corrected chi connectivity index (χ3v) is 3.15. The second kappa shape index (κ2) is 5.09. The first-order chi connectivity index (χ1) is 9.67. The Labute approximate surface area is 122 Å². The van der Waals surface area contributed by atoms with E-state index in [1.165, 1.54) is 13.2 Å². The maximum atomic E-state index is 13.8. The molecule has 1 N–H and O–H groups in total. The van der Waals surface area contributed by atoms with Crippen LogP contribution in [0.25, 0.3) is 5.65 Å². The standard InChI is InChI=1S/C13H10BrFN4O/c1-20-8-2-3-9(15)10(6-8)17-12-13-16-4-5-19(13)7-11(14)18-12/h2-7H,1H3,(H,17,18). The molecule has 7 heteroatoms. The number of methoxy groups -OCH3 is 1. The van der Waals surface area contributed by atoms with Crippen LogP contribution >= 0.6 is 15.9 Å². The SMILES string of the molecule is COc1ccc(F)c(Nc2nc(Br)cn3ccnc23)c1. The first kappa shape index (κ1) is 12.9. The van der Waals surface area contributed by atoms with Gasteiger partial charge in [0.1, 0.15) is 16.2 Å². The highest BCUT2D eigenvalue weighted by molar-refractivity contribution is 9.10. The van der Waals surface area contributed by atoms with E-state index in [9.17, 15) is 4.39 Å². The average Bonchev–Trinajstić information content (AvgIpc) is 2.89. The molecule has 0 bridgehead atoms. The maximum absolute atomic E-state index is 13.8. The zero-order chi connectivity index (χ0) is 14.1. The fourth-order valence-corrected chi connectivity index (χ4v) is 2.24. The first-order valence-corrected chi connectivity index (χ1v) is 6.56. The minimum atomic E-state index is -0.391. The Bertz CT molecular complexity index is 774. The first-order valence-electron chi connectivity index (χ1n) is 5.77. The van der Waals surface area contributed by atoms with Crippen LogP contribution in [0.15, 0.2) is 41.4 Å². The molecule has 102 valence electrons. The lowest BCUT2D eigenvalue weighted by atomic mass is 10.3. The van der Waals surface area contributed by atoms with Crippen LogP contribution in [-0.2, 0) is 0 Å². The zero-order valence-electron chi connectivity index (χ0n) is 10.5. The van der Waals surface area contributed by atoms with Gasteiger partial charge in [-0.25, -0.2) is 14.4 Å². The minimum Gasteiger partial charge on any atom is -0.497 e. The zero-order valence-corrected chi connectivity index (χ0v) is 12.1. The Morgan fingerprint density at radius 3 is 3.05 bits per heavy atom. The molecule has 0 aliphatic rings. The lowest BCUT2D eigenvalue weighted by molar-refractivity contribution is 0.414. The molecule has 5 nitrogen and oxygen atoms in total. The number of hydrogen-bond donors (Lipinski definition) is 1. The summed E-state index contributed by atoms with van der Waals surface area (Å²) in [5.41, 5.74) is 0.885. The predicted molar refractivity (Wildman–Crippen MR) is 76.9 cm³/mol. The van der Waals surface area contributed by atoms with Gasteiger partial charge in [0.05, 0.1) is 12.8 Å². The molecule has 0 atom stereocenters. The van der Waals surface area contributed by atoms with Gasteiger partial charge in [-0.2, -0.15) is 0 Å². The summed E-state index contributed by atoms with van der Waals surface area (Å²) in [6.45, 7) is 0. The molecule has 0 fully saturated rings. The molecule has 0 amide bonds. The van der Waals surface area contributed by atoms with E-state index in [0.717, 1.165) is 0 Å². The van der Waals surface area contributed by atoms with Crippen LogP contribution in [0.1, 0.15) is 0 Å². The second-order valence-electron chi connectivity index (χ2n) is 4.04. The number of fused-ring (bicyclic) bond motifs is 1. The normalized spacial score (nSPS) is 10.8. The summed E-state index contributed by atoms with van der Waals surface area (Å²) in [4.78, 5) is 8.47. The Balaban J connectivity index is 2.07. The van der Waals surface area contributed by atoms with Gasteiger partial charge < -0.3 is 14.5 Å². The van der Waals surface area contributed by atoms with E-state index in [4.69, 9.17) is 4.74 Å². The number of aromatic nitrogens is 3. The molecule has 0 aliphatic heterocycles. The van der Waals surface area contributed by atoms with Gasteiger partial charge in [-0.1, -0.05) is 0 Å². The van der Waals surface area contributed by atoms with E-state index in [1.54, 1.807) is 35.1 Å². The van der Waals surface area contributed by atoms with Crippen molar-refractivity contribution in [1.29, 1.82) is 0 Å². The van der Waals surface area contributed by atoms with Crippen molar-refractivity contribution in [2.45, 2.75) is 0 Å². The van der Waals surface area contributed by atoms with E-state index in [2.05, 4.69) is 31.2 Å². The van der Waals surface area contributed by atoms with Gasteiger partial charge in [0.15, 0.2) is 11.5 Å². The van der Waals surface area contributed by atoms with Crippen LogP contribution in [0.2, 0.25) is 0 Å². The van der Waals surface area contributed by atoms with Crippen LogP contribution in [-0.4, -0.2) is 21.5 Å². The maximum Gasteiger partial charge on any atom is 0.180 e. The van der Waals surface area contributed by atoms with E-state index >= 15 is 0 Å². The molecule has 3 rings (SSSR count). The predicted octanol–water partition coefficient (Wildman–Crippen LogP) is 3.38. The van der Waals surface area contributed by atoms with E-state index in [0.29, 0.717) is 21.8 Å². The summed E-state index contributed by atoms with van der Waals surface area (Å²) in [5.74, 6) is 0.622. The quantitative estimate of drug-likeness (QED) is 0.796. The van der Waals surface area contributed by atoms with Gasteiger partial charge in [-0.15, -0.1) is 0 Å². The Hall–Kier alpha value is -2.15. The fourth-order valence-electron chi connectivity index (χ4n) is 1.84. The van der Waals surface area contributed by atoms with Gasteiger partial charge in [0.2, 0.25) is 0 Å². The minimum absolute atomic E-state index is 0.278. The molecule has 0 radical (unpaired) electrons. The van der Waals surface area contributed by atoms with Crippen molar-refractivity contribution in [2.75, 3.05) is 12.4 Å². The molecule has 20 heavy (non-hydrogen) atoms. The van der Waals surface area contributed by atoms with Crippen molar-refractivity contribution in [3.8, 4) is 5.75 Å². The lowest BCUT2D eigenvalue weighted by Gasteiger charge is -2.10. The van der Waals surface area contributed by atoms with Crippen LogP contribution in [0, 0.1) is 5.82 Å². The summed E-state index contributed by atoms with van der Waals surface area (Å²) in [6, 6.07) is 4.46. The van der Waals surface area contributed by atoms with Crippen molar-refractivity contribution < 1.29 is 9.13 Å². The summed E-state index contributed by atoms with van der Waals surface area (Å²) in [5, 5.41) is 2.94. The smallest absolute Gasteiger partial charge is 0.180 e. The van der Waals surface area contributed by atoms with Crippen molar-refractivity contribution in [2.24, 2.45) is 0 Å². The van der Waals surface area contributed by atoms with Gasteiger partial charge in [-0.3, -0.25) is 0 Å². The molecular weight excluding hydrogens is 327 g/mol. The highest BCUT2D eigenvalue weighted by Crippen LogP contribution is 2.26. The summed E-state index contributed by atoms with van der Waals surface area (Å²) in [6.07, 6.45) is 5.21. The van der Waals surface area contributed by atoms with Crippen LogP contribution in [0.3, 0.4) is 0 Å². The van der Waals surface area contributed by atoms with Crippen molar-refractivity contribution in [3.63, 3.8) is 0 Å². The lowest BCUT2D eigenvalue weighted by Crippen LogP contribution is -2.01. The number of halogens is 2. The number of hydrogen-bond acceptors (Lipinski definition) is 4. The summed E-state index contributed by atoms with van der Waals surface area (Å²) >= 11 is 3.31. The Morgan fingerprint density at radius 1 is 1.40 bits per heavy atom. The molecular formula is C13H10BrFN4O. The van der Waals surface area contributed by atoms with Crippen LogP contribution < -0.4 is 10.1 Å². The van der Waals surface area contributed by atoms with Gasteiger partial charge in [0.25, 0.3) is 0 Å². The second-order valence-corrected chi connectivity index (χ2v) is 4.85. The molecule has 0 saturated heterocycles. The van der Waals surface area contributed by atoms with Crippen molar-refractivity contribution in [1.82, 2.24) is 14.4 Å². The topological polar surface area (TPSA) is 51.5 Å². The monoisotopic (exact) mass is 336 g/mol. The molecule has 0 aliphatic carbocycles. The molecule has 0 unspecified atom stereocenters. The number of ether oxygens (including phenoxy) is 1. The Morgan fingerprint density at radius 2 is 2.25 bits per heavy atom. The van der Waals surface area contributed by atoms with E-state index in [-0.39, 0.29) is 5.69 Å². The number of nitrogens with zero attached hydrogens (tertiary/aromatic N) is 3. The van der Waals surface area contributed by atoms with Crippen LogP contribution in [0.4, 0.5) is 15.9 Å². The number of nitrogens with one attached hydrogen (secondary N) is 1. The van der Waals surface area contributed by atoms with E-state index in [1.807, 2.05) is 0 Å². The number of benzene rings is 1. The highest BCUT2D eigenvalue weighted by atomic mass is 79.9. The molecule has 0 saturated carbocycles. The third kappa shape index (κ3) is 2.32. The molecule has 3 aromatic rings. The third-order valence-electron chi connectivity index (χ3n) is 2.77. The average molecular weight is 337 g/mol. The molecule has 1 aromatic carbocycles. The van der Waals surface area contributed by atoms with Crippen molar-refractivity contribution in [3.05, 3.63) is 47.2 Å². The number of rotatable bonds is 3. The molecule has 2 aromatic heterocycles. The number of anilines is 2. The van der Waals surface area contributed by atoms with Gasteiger partial charge in [0, 0.05) is 24.7 Å². The molecule has 0 spiro atoms. The largest absolute Gasteiger partial charge is 0.497 e.